The Balaban J connectivity index is 2.93. The van der Waals surface area contributed by atoms with Crippen molar-refractivity contribution in [2.75, 3.05) is 13.6 Å². The number of hydrogen-bond acceptors (Lipinski definition) is 3. The average molecular weight is 325 g/mol. The van der Waals surface area contributed by atoms with Crippen molar-refractivity contribution in [1.29, 1.82) is 0 Å². The van der Waals surface area contributed by atoms with Gasteiger partial charge in [0.2, 0.25) is 10.0 Å². The highest BCUT2D eigenvalue weighted by molar-refractivity contribution is 9.10. The van der Waals surface area contributed by atoms with Gasteiger partial charge in [0.05, 0.1) is 0 Å². The van der Waals surface area contributed by atoms with Gasteiger partial charge in [0, 0.05) is 17.1 Å². The first-order valence-electron chi connectivity index (χ1n) is 4.99. The molecule has 96 valence electrons. The van der Waals surface area contributed by atoms with E-state index in [-0.39, 0.29) is 17.5 Å². The predicted octanol–water partition coefficient (Wildman–Crippen LogP) is 1.47. The predicted molar refractivity (Wildman–Crippen MR) is 67.8 cm³/mol. The van der Waals surface area contributed by atoms with E-state index in [2.05, 4.69) is 26.0 Å². The van der Waals surface area contributed by atoms with Gasteiger partial charge < -0.3 is 5.32 Å². The number of sulfonamides is 1. The molecule has 0 aliphatic heterocycles. The number of nitrogens with one attached hydrogen (secondary N) is 2. The fraction of sp³-hybridized carbons (Fsp3) is 0.400. The second-order valence-electron chi connectivity index (χ2n) is 3.62. The Morgan fingerprint density at radius 3 is 2.71 bits per heavy atom. The standard InChI is InChI=1S/C10H14BrFN2O2S/c1-7(13-2)6-14-17(15,16)10-5-8(11)3-4-9(10)12/h3-5,7,13-14H,6H2,1-2H3. The van der Waals surface area contributed by atoms with Crippen molar-refractivity contribution in [2.45, 2.75) is 17.9 Å². The summed E-state index contributed by atoms with van der Waals surface area (Å²) in [5.41, 5.74) is 0. The van der Waals surface area contributed by atoms with Crippen LogP contribution >= 0.6 is 15.9 Å². The minimum atomic E-state index is -3.81. The molecule has 0 radical (unpaired) electrons. The van der Waals surface area contributed by atoms with E-state index in [1.54, 1.807) is 7.05 Å². The molecule has 17 heavy (non-hydrogen) atoms. The molecule has 4 nitrogen and oxygen atoms in total. The molecule has 0 bridgehead atoms. The van der Waals surface area contributed by atoms with Gasteiger partial charge in [-0.2, -0.15) is 0 Å². The lowest BCUT2D eigenvalue weighted by Crippen LogP contribution is -2.37. The minimum Gasteiger partial charge on any atom is -0.316 e. The highest BCUT2D eigenvalue weighted by atomic mass is 79.9. The Kier molecular flexibility index (Phi) is 5.05. The smallest absolute Gasteiger partial charge is 0.243 e. The third kappa shape index (κ3) is 4.02. The summed E-state index contributed by atoms with van der Waals surface area (Å²) in [5, 5.41) is 2.89. The molecule has 1 atom stereocenters. The van der Waals surface area contributed by atoms with E-state index in [0.29, 0.717) is 4.47 Å². The summed E-state index contributed by atoms with van der Waals surface area (Å²) in [5.74, 6) is -0.766. The average Bonchev–Trinajstić information content (AvgIpc) is 2.29. The Hall–Kier alpha value is -0.500. The lowest BCUT2D eigenvalue weighted by atomic mass is 10.3. The third-order valence-corrected chi connectivity index (χ3v) is 4.19. The van der Waals surface area contributed by atoms with Gasteiger partial charge in [-0.3, -0.25) is 0 Å². The molecule has 0 spiro atoms. The summed E-state index contributed by atoms with van der Waals surface area (Å²) in [4.78, 5) is -0.352. The summed E-state index contributed by atoms with van der Waals surface area (Å²) in [6.45, 7) is 2.02. The first-order chi connectivity index (χ1) is 7.86. The topological polar surface area (TPSA) is 58.2 Å². The van der Waals surface area contributed by atoms with Crippen molar-refractivity contribution < 1.29 is 12.8 Å². The van der Waals surface area contributed by atoms with Gasteiger partial charge >= 0.3 is 0 Å². The molecular formula is C10H14BrFN2O2S. The SMILES string of the molecule is CNC(C)CNS(=O)(=O)c1cc(Br)ccc1F. The number of rotatable bonds is 5. The zero-order chi connectivity index (χ0) is 13.1. The van der Waals surface area contributed by atoms with Crippen LogP contribution in [0.1, 0.15) is 6.92 Å². The van der Waals surface area contributed by atoms with Crippen molar-refractivity contribution in [2.24, 2.45) is 0 Å². The quantitative estimate of drug-likeness (QED) is 0.862. The second-order valence-corrected chi connectivity index (χ2v) is 6.27. The van der Waals surface area contributed by atoms with E-state index in [9.17, 15) is 12.8 Å². The molecule has 0 heterocycles. The van der Waals surface area contributed by atoms with Crippen LogP contribution in [0, 0.1) is 5.82 Å². The van der Waals surface area contributed by atoms with Crippen LogP contribution < -0.4 is 10.0 Å². The van der Waals surface area contributed by atoms with Gasteiger partial charge in [-0.25, -0.2) is 17.5 Å². The van der Waals surface area contributed by atoms with Crippen molar-refractivity contribution in [1.82, 2.24) is 10.0 Å². The molecule has 7 heteroatoms. The highest BCUT2D eigenvalue weighted by Gasteiger charge is 2.19. The normalized spacial score (nSPS) is 13.6. The number of benzene rings is 1. The van der Waals surface area contributed by atoms with Crippen molar-refractivity contribution >= 4 is 26.0 Å². The zero-order valence-electron chi connectivity index (χ0n) is 9.50. The summed E-state index contributed by atoms with van der Waals surface area (Å²) < 4.78 is 39.9. The van der Waals surface area contributed by atoms with Crippen LogP contribution in [-0.2, 0) is 10.0 Å². The molecular weight excluding hydrogens is 311 g/mol. The maximum absolute atomic E-state index is 13.4. The molecule has 0 aromatic heterocycles. The molecule has 1 aromatic carbocycles. The molecule has 0 saturated carbocycles. The van der Waals surface area contributed by atoms with E-state index in [0.717, 1.165) is 6.07 Å². The maximum atomic E-state index is 13.4. The fourth-order valence-electron chi connectivity index (χ4n) is 1.10. The summed E-state index contributed by atoms with van der Waals surface area (Å²) in [6.07, 6.45) is 0. The number of likely N-dealkylation sites (N-methyl/N-ethyl adjacent to an activating group) is 1. The first kappa shape index (κ1) is 14.6. The lowest BCUT2D eigenvalue weighted by Gasteiger charge is -2.12. The summed E-state index contributed by atoms with van der Waals surface area (Å²) >= 11 is 3.11. The van der Waals surface area contributed by atoms with Crippen molar-refractivity contribution in [3.05, 3.63) is 28.5 Å². The zero-order valence-corrected chi connectivity index (χ0v) is 11.9. The molecule has 2 N–H and O–H groups in total. The van der Waals surface area contributed by atoms with Gasteiger partial charge in [-0.15, -0.1) is 0 Å². The Labute approximate surface area is 109 Å². The minimum absolute atomic E-state index is 0.0278. The monoisotopic (exact) mass is 324 g/mol. The Bertz CT molecular complexity index is 493. The van der Waals surface area contributed by atoms with Crippen molar-refractivity contribution in [3.8, 4) is 0 Å². The number of halogens is 2. The van der Waals surface area contributed by atoms with Crippen LogP contribution in [0.5, 0.6) is 0 Å². The maximum Gasteiger partial charge on any atom is 0.243 e. The van der Waals surface area contributed by atoms with Crippen LogP contribution in [-0.4, -0.2) is 28.1 Å². The molecule has 0 aliphatic carbocycles. The molecule has 0 fully saturated rings. The third-order valence-electron chi connectivity index (χ3n) is 2.26. The van der Waals surface area contributed by atoms with Crippen molar-refractivity contribution in [3.63, 3.8) is 0 Å². The largest absolute Gasteiger partial charge is 0.316 e. The van der Waals surface area contributed by atoms with E-state index in [1.165, 1.54) is 12.1 Å². The molecule has 0 aliphatic rings. The van der Waals surface area contributed by atoms with Crippen LogP contribution in [0.2, 0.25) is 0 Å². The highest BCUT2D eigenvalue weighted by Crippen LogP contribution is 2.19. The van der Waals surface area contributed by atoms with Gasteiger partial charge in [-0.05, 0) is 32.2 Å². The Morgan fingerprint density at radius 1 is 1.47 bits per heavy atom. The van der Waals surface area contributed by atoms with Gasteiger partial charge in [-0.1, -0.05) is 15.9 Å². The van der Waals surface area contributed by atoms with E-state index >= 15 is 0 Å². The second kappa shape index (κ2) is 5.90. The van der Waals surface area contributed by atoms with Crippen LogP contribution in [0.4, 0.5) is 4.39 Å². The molecule has 1 aromatic rings. The molecule has 0 amide bonds. The molecule has 1 unspecified atom stereocenters. The van der Waals surface area contributed by atoms with Crippen LogP contribution in [0.25, 0.3) is 0 Å². The van der Waals surface area contributed by atoms with E-state index < -0.39 is 15.8 Å². The van der Waals surface area contributed by atoms with Gasteiger partial charge in [0.15, 0.2) is 0 Å². The van der Waals surface area contributed by atoms with Gasteiger partial charge in [0.25, 0.3) is 0 Å². The summed E-state index contributed by atoms with van der Waals surface area (Å²) in [7, 11) is -2.09. The lowest BCUT2D eigenvalue weighted by molar-refractivity contribution is 0.540. The molecule has 1 rings (SSSR count). The van der Waals surface area contributed by atoms with Gasteiger partial charge in [0.1, 0.15) is 10.7 Å². The Morgan fingerprint density at radius 2 is 2.12 bits per heavy atom. The summed E-state index contributed by atoms with van der Waals surface area (Å²) in [6, 6.07) is 3.77. The van der Waals surface area contributed by atoms with E-state index in [4.69, 9.17) is 0 Å². The molecule has 0 saturated heterocycles. The van der Waals surface area contributed by atoms with Crippen LogP contribution in [0.15, 0.2) is 27.6 Å². The van der Waals surface area contributed by atoms with Crippen LogP contribution in [0.3, 0.4) is 0 Å². The fourth-order valence-corrected chi connectivity index (χ4v) is 2.84. The number of hydrogen-bond donors (Lipinski definition) is 2. The first-order valence-corrected chi connectivity index (χ1v) is 7.26. The van der Waals surface area contributed by atoms with E-state index in [1.807, 2.05) is 6.92 Å².